The first kappa shape index (κ1) is 18.5. The number of methoxy groups -OCH3 is 1. The van der Waals surface area contributed by atoms with Crippen LogP contribution in [-0.4, -0.2) is 35.6 Å². The number of nitrogens with zero attached hydrogens (tertiary/aromatic N) is 2. The van der Waals surface area contributed by atoms with E-state index in [0.717, 1.165) is 28.4 Å². The molecular formula is C21H23N3O3. The zero-order valence-corrected chi connectivity index (χ0v) is 15.5. The summed E-state index contributed by atoms with van der Waals surface area (Å²) in [6.45, 7) is 3.05. The molecule has 0 atom stereocenters. The van der Waals surface area contributed by atoms with Crippen molar-refractivity contribution in [1.29, 1.82) is 0 Å². The van der Waals surface area contributed by atoms with Crippen LogP contribution in [0.25, 0.3) is 11.7 Å². The number of ether oxygens (including phenoxy) is 2. The molecule has 0 radical (unpaired) electrons. The maximum absolute atomic E-state index is 12.0. The van der Waals surface area contributed by atoms with Gasteiger partial charge in [0.2, 0.25) is 5.91 Å². The minimum absolute atomic E-state index is 0.142. The molecule has 0 fully saturated rings. The highest BCUT2D eigenvalue weighted by Crippen LogP contribution is 2.19. The lowest BCUT2D eigenvalue weighted by Crippen LogP contribution is -2.23. The van der Waals surface area contributed by atoms with E-state index in [4.69, 9.17) is 9.47 Å². The second-order valence-corrected chi connectivity index (χ2v) is 5.92. The number of pyridine rings is 1. The summed E-state index contributed by atoms with van der Waals surface area (Å²) in [6, 6.07) is 11.4. The summed E-state index contributed by atoms with van der Waals surface area (Å²) in [5, 5.41) is 2.88. The molecule has 0 aliphatic rings. The third-order valence-corrected chi connectivity index (χ3v) is 4.00. The molecule has 3 rings (SSSR count). The number of aromatic nitrogens is 2. The second kappa shape index (κ2) is 8.89. The molecule has 1 aromatic carbocycles. The van der Waals surface area contributed by atoms with Crippen molar-refractivity contribution in [2.24, 2.45) is 0 Å². The summed E-state index contributed by atoms with van der Waals surface area (Å²) in [4.78, 5) is 16.6. The van der Waals surface area contributed by atoms with Crippen molar-refractivity contribution in [3.05, 3.63) is 66.1 Å². The van der Waals surface area contributed by atoms with Crippen molar-refractivity contribution >= 4 is 17.6 Å². The van der Waals surface area contributed by atoms with Crippen LogP contribution in [0.4, 0.5) is 0 Å². The van der Waals surface area contributed by atoms with Gasteiger partial charge in [0.1, 0.15) is 5.75 Å². The molecule has 0 aliphatic heterocycles. The Morgan fingerprint density at radius 1 is 1.30 bits per heavy atom. The Morgan fingerprint density at radius 2 is 2.19 bits per heavy atom. The van der Waals surface area contributed by atoms with Gasteiger partial charge in [0.15, 0.2) is 11.4 Å². The monoisotopic (exact) mass is 365 g/mol. The molecule has 0 bridgehead atoms. The number of carbonyl (C=O) groups excluding carboxylic acids is 1. The Hall–Kier alpha value is -3.28. The molecule has 3 aromatic rings. The first-order chi connectivity index (χ1) is 13.2. The molecule has 6 nitrogen and oxygen atoms in total. The smallest absolute Gasteiger partial charge is 0.244 e. The van der Waals surface area contributed by atoms with E-state index in [2.05, 4.69) is 10.3 Å². The zero-order chi connectivity index (χ0) is 19.1. The zero-order valence-electron chi connectivity index (χ0n) is 15.5. The SMILES string of the molecule is CCOc1cccn2cc(CCNC(=O)/C=C/c3cccc(OC)c3)nc12. The minimum Gasteiger partial charge on any atom is -0.497 e. The van der Waals surface area contributed by atoms with Gasteiger partial charge in [-0.1, -0.05) is 12.1 Å². The lowest BCUT2D eigenvalue weighted by atomic mass is 10.2. The van der Waals surface area contributed by atoms with Crippen LogP contribution in [0.15, 0.2) is 54.9 Å². The lowest BCUT2D eigenvalue weighted by Gasteiger charge is -2.03. The van der Waals surface area contributed by atoms with Crippen LogP contribution in [0, 0.1) is 0 Å². The Kier molecular flexibility index (Phi) is 6.10. The molecule has 1 amide bonds. The molecule has 0 aliphatic carbocycles. The van der Waals surface area contributed by atoms with Crippen LogP contribution in [-0.2, 0) is 11.2 Å². The van der Waals surface area contributed by atoms with Crippen LogP contribution in [0.3, 0.4) is 0 Å². The maximum atomic E-state index is 12.0. The normalized spacial score (nSPS) is 11.0. The molecule has 0 saturated carbocycles. The van der Waals surface area contributed by atoms with Gasteiger partial charge in [-0.3, -0.25) is 4.79 Å². The van der Waals surface area contributed by atoms with Gasteiger partial charge < -0.3 is 19.2 Å². The van der Waals surface area contributed by atoms with Crippen molar-refractivity contribution in [3.8, 4) is 11.5 Å². The number of nitrogens with one attached hydrogen (secondary N) is 1. The topological polar surface area (TPSA) is 64.9 Å². The van der Waals surface area contributed by atoms with Crippen LogP contribution >= 0.6 is 0 Å². The highest BCUT2D eigenvalue weighted by Gasteiger charge is 2.07. The number of rotatable bonds is 8. The van der Waals surface area contributed by atoms with E-state index >= 15 is 0 Å². The summed E-state index contributed by atoms with van der Waals surface area (Å²) >= 11 is 0. The van der Waals surface area contributed by atoms with Gasteiger partial charge in [-0.2, -0.15) is 0 Å². The number of fused-ring (bicyclic) bond motifs is 1. The van der Waals surface area contributed by atoms with Crippen LogP contribution in [0.5, 0.6) is 11.5 Å². The fourth-order valence-electron chi connectivity index (χ4n) is 2.72. The number of hydrogen-bond acceptors (Lipinski definition) is 4. The van der Waals surface area contributed by atoms with Crippen LogP contribution in [0.2, 0.25) is 0 Å². The Labute approximate surface area is 158 Å². The summed E-state index contributed by atoms with van der Waals surface area (Å²) in [7, 11) is 1.62. The number of carbonyl (C=O) groups is 1. The predicted molar refractivity (Wildman–Crippen MR) is 105 cm³/mol. The van der Waals surface area contributed by atoms with Crippen LogP contribution < -0.4 is 14.8 Å². The van der Waals surface area contributed by atoms with E-state index in [1.54, 1.807) is 13.2 Å². The molecule has 140 valence electrons. The Balaban J connectivity index is 1.54. The van der Waals surface area contributed by atoms with E-state index in [0.29, 0.717) is 19.6 Å². The molecule has 0 spiro atoms. The molecular weight excluding hydrogens is 342 g/mol. The highest BCUT2D eigenvalue weighted by atomic mass is 16.5. The van der Waals surface area contributed by atoms with E-state index in [1.807, 2.05) is 60.1 Å². The fourth-order valence-corrected chi connectivity index (χ4v) is 2.72. The van der Waals surface area contributed by atoms with E-state index < -0.39 is 0 Å². The summed E-state index contributed by atoms with van der Waals surface area (Å²) in [6.07, 6.45) is 7.81. The summed E-state index contributed by atoms with van der Waals surface area (Å²) in [5.74, 6) is 1.38. The molecule has 1 N–H and O–H groups in total. The van der Waals surface area contributed by atoms with E-state index in [9.17, 15) is 4.79 Å². The largest absolute Gasteiger partial charge is 0.497 e. The lowest BCUT2D eigenvalue weighted by molar-refractivity contribution is -0.116. The quantitative estimate of drug-likeness (QED) is 0.623. The van der Waals surface area contributed by atoms with Gasteiger partial charge >= 0.3 is 0 Å². The second-order valence-electron chi connectivity index (χ2n) is 5.92. The molecule has 27 heavy (non-hydrogen) atoms. The molecule has 2 heterocycles. The molecule has 0 saturated heterocycles. The standard InChI is InChI=1S/C21H23N3O3/c1-3-27-19-8-5-13-24-15-17(23-21(19)24)11-12-22-20(25)10-9-16-6-4-7-18(14-16)26-2/h4-10,13-15H,3,11-12H2,1-2H3,(H,22,25)/b10-9+. The van der Waals surface area contributed by atoms with Gasteiger partial charge in [-0.15, -0.1) is 0 Å². The first-order valence-electron chi connectivity index (χ1n) is 8.89. The molecule has 0 unspecified atom stereocenters. The van der Waals surface area contributed by atoms with Crippen molar-refractivity contribution < 1.29 is 14.3 Å². The fraction of sp³-hybridized carbons (Fsp3) is 0.238. The average molecular weight is 365 g/mol. The van der Waals surface area contributed by atoms with Crippen molar-refractivity contribution in [3.63, 3.8) is 0 Å². The highest BCUT2D eigenvalue weighted by molar-refractivity contribution is 5.91. The maximum Gasteiger partial charge on any atom is 0.244 e. The summed E-state index contributed by atoms with van der Waals surface area (Å²) in [5.41, 5.74) is 2.60. The third-order valence-electron chi connectivity index (χ3n) is 4.00. The summed E-state index contributed by atoms with van der Waals surface area (Å²) < 4.78 is 12.7. The number of hydrogen-bond donors (Lipinski definition) is 1. The van der Waals surface area contributed by atoms with E-state index in [1.165, 1.54) is 6.08 Å². The minimum atomic E-state index is -0.142. The van der Waals surface area contributed by atoms with Crippen molar-refractivity contribution in [2.45, 2.75) is 13.3 Å². The van der Waals surface area contributed by atoms with E-state index in [-0.39, 0.29) is 5.91 Å². The van der Waals surface area contributed by atoms with Crippen molar-refractivity contribution in [1.82, 2.24) is 14.7 Å². The number of imidazole rings is 1. The van der Waals surface area contributed by atoms with Crippen molar-refractivity contribution in [2.75, 3.05) is 20.3 Å². The first-order valence-corrected chi connectivity index (χ1v) is 8.89. The van der Waals surface area contributed by atoms with Gasteiger partial charge in [0, 0.05) is 31.4 Å². The van der Waals surface area contributed by atoms with Gasteiger partial charge in [-0.05, 0) is 42.8 Å². The number of benzene rings is 1. The van der Waals surface area contributed by atoms with Gasteiger partial charge in [-0.25, -0.2) is 4.98 Å². The van der Waals surface area contributed by atoms with Crippen LogP contribution in [0.1, 0.15) is 18.2 Å². The molecule has 6 heteroatoms. The average Bonchev–Trinajstić information content (AvgIpc) is 3.11. The predicted octanol–water partition coefficient (Wildman–Crippen LogP) is 3.11. The number of amides is 1. The van der Waals surface area contributed by atoms with Gasteiger partial charge in [0.25, 0.3) is 0 Å². The Morgan fingerprint density at radius 3 is 3.00 bits per heavy atom. The Bertz CT molecular complexity index is 947. The third kappa shape index (κ3) is 4.88. The molecule has 2 aromatic heterocycles. The van der Waals surface area contributed by atoms with Gasteiger partial charge in [0.05, 0.1) is 19.4 Å².